The van der Waals surface area contributed by atoms with Crippen molar-refractivity contribution in [2.75, 3.05) is 11.9 Å². The highest BCUT2D eigenvalue weighted by atomic mass is 32.2. The summed E-state index contributed by atoms with van der Waals surface area (Å²) in [5, 5.41) is 2.54. The topological polar surface area (TPSA) is 105 Å². The number of hydrogen-bond acceptors (Lipinski definition) is 5. The number of carbonyl (C=O) groups excluding carboxylic acids is 1. The molecule has 37 heavy (non-hydrogen) atoms. The number of aromatic nitrogens is 1. The lowest BCUT2D eigenvalue weighted by molar-refractivity contribution is 0.100. The quantitative estimate of drug-likeness (QED) is 0.433. The van der Waals surface area contributed by atoms with Gasteiger partial charge in [0.15, 0.2) is 11.6 Å². The lowest BCUT2D eigenvalue weighted by atomic mass is 9.96. The number of sulfonamides is 1. The molecule has 1 amide bonds. The van der Waals surface area contributed by atoms with Gasteiger partial charge in [-0.05, 0) is 54.2 Å². The Bertz CT molecular complexity index is 1490. The predicted octanol–water partition coefficient (Wildman–Crippen LogP) is 3.65. The standard InChI is InChI=1S/C26H25F3N4O3S/c27-22-5-6-23(28)25(29)20(22)12-32-24-11-18(31-13-21(24)26(30)34)10-15-1-2-17-14-33(8-7-16(17)9-15)37(35,36)19-3-4-19/h1-2,5-6,9,11,13,19H,3-4,7-8,10,12,14H2,(H2,30,34)(H,31,32). The van der Waals surface area contributed by atoms with Gasteiger partial charge >= 0.3 is 0 Å². The van der Waals surface area contributed by atoms with E-state index in [0.29, 0.717) is 37.7 Å². The van der Waals surface area contributed by atoms with Crippen LogP contribution in [0, 0.1) is 17.5 Å². The number of anilines is 1. The van der Waals surface area contributed by atoms with E-state index in [4.69, 9.17) is 5.73 Å². The molecule has 1 aromatic heterocycles. The van der Waals surface area contributed by atoms with Crippen molar-refractivity contribution in [3.05, 3.63) is 93.6 Å². The molecule has 1 saturated carbocycles. The Morgan fingerprint density at radius 2 is 1.84 bits per heavy atom. The third-order valence-corrected chi connectivity index (χ3v) is 9.10. The highest BCUT2D eigenvalue weighted by Crippen LogP contribution is 2.34. The smallest absolute Gasteiger partial charge is 0.252 e. The van der Waals surface area contributed by atoms with Gasteiger partial charge in [0.25, 0.3) is 5.91 Å². The lowest BCUT2D eigenvalue weighted by Crippen LogP contribution is -2.38. The van der Waals surface area contributed by atoms with Gasteiger partial charge in [-0.2, -0.15) is 4.31 Å². The molecule has 0 radical (unpaired) electrons. The third-order valence-electron chi connectivity index (χ3n) is 6.76. The van der Waals surface area contributed by atoms with E-state index in [1.807, 2.05) is 18.2 Å². The number of pyridine rings is 1. The van der Waals surface area contributed by atoms with E-state index in [2.05, 4.69) is 10.3 Å². The molecule has 7 nitrogen and oxygen atoms in total. The van der Waals surface area contributed by atoms with E-state index in [1.54, 1.807) is 10.4 Å². The molecule has 2 aromatic carbocycles. The Morgan fingerprint density at radius 3 is 2.57 bits per heavy atom. The number of halogens is 3. The van der Waals surface area contributed by atoms with Gasteiger partial charge < -0.3 is 11.1 Å². The number of carbonyl (C=O) groups is 1. The number of fused-ring (bicyclic) bond motifs is 1. The third kappa shape index (κ3) is 5.19. The van der Waals surface area contributed by atoms with E-state index >= 15 is 0 Å². The van der Waals surface area contributed by atoms with Gasteiger partial charge in [-0.1, -0.05) is 18.2 Å². The second kappa shape index (κ2) is 9.79. The number of nitrogens with zero attached hydrogens (tertiary/aromatic N) is 2. The maximum atomic E-state index is 14.1. The van der Waals surface area contributed by atoms with Crippen molar-refractivity contribution in [2.45, 2.75) is 44.0 Å². The van der Waals surface area contributed by atoms with E-state index in [9.17, 15) is 26.4 Å². The van der Waals surface area contributed by atoms with Crippen LogP contribution in [0.3, 0.4) is 0 Å². The van der Waals surface area contributed by atoms with Crippen LogP contribution in [-0.4, -0.2) is 35.4 Å². The van der Waals surface area contributed by atoms with Gasteiger partial charge in [0, 0.05) is 43.5 Å². The SMILES string of the molecule is NC(=O)c1cnc(Cc2ccc3c(c2)CCN(S(=O)(=O)C2CC2)C3)cc1NCc1c(F)ccc(F)c1F. The first-order valence-electron chi connectivity index (χ1n) is 11.9. The number of nitrogens with two attached hydrogens (primary N) is 1. The van der Waals surface area contributed by atoms with Gasteiger partial charge in [0.05, 0.1) is 16.5 Å². The van der Waals surface area contributed by atoms with Gasteiger partial charge in [-0.25, -0.2) is 21.6 Å². The number of hydrogen-bond donors (Lipinski definition) is 2. The molecule has 11 heteroatoms. The number of benzene rings is 2. The van der Waals surface area contributed by atoms with Crippen molar-refractivity contribution in [3.63, 3.8) is 0 Å². The molecule has 0 saturated heterocycles. The fourth-order valence-corrected chi connectivity index (χ4v) is 6.36. The van der Waals surface area contributed by atoms with E-state index < -0.39 is 45.5 Å². The fraction of sp³-hybridized carbons (Fsp3) is 0.308. The Hall–Kier alpha value is -3.44. The molecule has 0 unspecified atom stereocenters. The number of amides is 1. The lowest BCUT2D eigenvalue weighted by Gasteiger charge is -2.28. The van der Waals surface area contributed by atoms with Crippen molar-refractivity contribution < 1.29 is 26.4 Å². The Labute approximate surface area is 212 Å². The molecular weight excluding hydrogens is 505 g/mol. The Balaban J connectivity index is 1.34. The summed E-state index contributed by atoms with van der Waals surface area (Å²) in [6, 6.07) is 8.95. The van der Waals surface area contributed by atoms with E-state index in [-0.39, 0.29) is 16.5 Å². The fourth-order valence-electron chi connectivity index (χ4n) is 4.55. The molecule has 0 spiro atoms. The largest absolute Gasteiger partial charge is 0.380 e. The molecule has 1 aliphatic heterocycles. The van der Waals surface area contributed by atoms with Crippen molar-refractivity contribution in [1.82, 2.24) is 9.29 Å². The van der Waals surface area contributed by atoms with Crippen LogP contribution >= 0.6 is 0 Å². The normalized spacial score (nSPS) is 15.9. The van der Waals surface area contributed by atoms with Crippen molar-refractivity contribution in [2.24, 2.45) is 5.73 Å². The average Bonchev–Trinajstić information content (AvgIpc) is 3.72. The second-order valence-corrected chi connectivity index (χ2v) is 11.6. The van der Waals surface area contributed by atoms with Gasteiger partial charge in [-0.15, -0.1) is 0 Å². The van der Waals surface area contributed by atoms with Gasteiger partial charge in [0.1, 0.15) is 5.82 Å². The molecular formula is C26H25F3N4O3S. The zero-order valence-electron chi connectivity index (χ0n) is 19.8. The molecule has 3 aromatic rings. The summed E-state index contributed by atoms with van der Waals surface area (Å²) in [6.45, 7) is 0.404. The molecule has 194 valence electrons. The summed E-state index contributed by atoms with van der Waals surface area (Å²) in [7, 11) is -3.23. The van der Waals surface area contributed by atoms with Crippen LogP contribution in [0.1, 0.15) is 51.1 Å². The monoisotopic (exact) mass is 530 g/mol. The first-order valence-corrected chi connectivity index (χ1v) is 13.4. The molecule has 1 fully saturated rings. The minimum absolute atomic E-state index is 0.0309. The number of nitrogens with one attached hydrogen (secondary N) is 1. The van der Waals surface area contributed by atoms with Crippen LogP contribution in [-0.2, 0) is 36.0 Å². The van der Waals surface area contributed by atoms with Crippen molar-refractivity contribution in [3.8, 4) is 0 Å². The molecule has 0 atom stereocenters. The summed E-state index contributed by atoms with van der Waals surface area (Å²) in [6.07, 6.45) is 3.76. The number of primary amides is 1. The number of rotatable bonds is 8. The highest BCUT2D eigenvalue weighted by molar-refractivity contribution is 7.90. The zero-order valence-corrected chi connectivity index (χ0v) is 20.6. The molecule has 5 rings (SSSR count). The van der Waals surface area contributed by atoms with Crippen LogP contribution in [0.5, 0.6) is 0 Å². The summed E-state index contributed by atoms with van der Waals surface area (Å²) < 4.78 is 68.4. The van der Waals surface area contributed by atoms with E-state index in [0.717, 1.165) is 35.6 Å². The average molecular weight is 531 g/mol. The van der Waals surface area contributed by atoms with E-state index in [1.165, 1.54) is 6.20 Å². The van der Waals surface area contributed by atoms with Crippen LogP contribution < -0.4 is 11.1 Å². The van der Waals surface area contributed by atoms with Crippen LogP contribution in [0.15, 0.2) is 42.6 Å². The molecule has 1 aliphatic carbocycles. The summed E-state index contributed by atoms with van der Waals surface area (Å²) in [5.41, 5.74) is 8.74. The minimum Gasteiger partial charge on any atom is -0.380 e. The van der Waals surface area contributed by atoms with Gasteiger partial charge in [0.2, 0.25) is 10.0 Å². The Morgan fingerprint density at radius 1 is 1.08 bits per heavy atom. The van der Waals surface area contributed by atoms with Crippen LogP contribution in [0.2, 0.25) is 0 Å². The first-order chi connectivity index (χ1) is 17.6. The predicted molar refractivity (Wildman–Crippen MR) is 132 cm³/mol. The minimum atomic E-state index is -3.23. The summed E-state index contributed by atoms with van der Waals surface area (Å²) in [5.74, 6) is -4.18. The van der Waals surface area contributed by atoms with Gasteiger partial charge in [-0.3, -0.25) is 9.78 Å². The maximum Gasteiger partial charge on any atom is 0.252 e. The second-order valence-electron chi connectivity index (χ2n) is 9.37. The summed E-state index contributed by atoms with van der Waals surface area (Å²) in [4.78, 5) is 16.2. The summed E-state index contributed by atoms with van der Waals surface area (Å²) >= 11 is 0. The Kier molecular flexibility index (Phi) is 6.67. The van der Waals surface area contributed by atoms with Crippen LogP contribution in [0.4, 0.5) is 18.9 Å². The molecule has 2 heterocycles. The molecule has 2 aliphatic rings. The van der Waals surface area contributed by atoms with Crippen molar-refractivity contribution >= 4 is 21.6 Å². The molecule has 0 bridgehead atoms. The highest BCUT2D eigenvalue weighted by Gasteiger charge is 2.40. The first kappa shape index (κ1) is 25.2. The molecule has 3 N–H and O–H groups in total. The zero-order chi connectivity index (χ0) is 26.3. The van der Waals surface area contributed by atoms with Crippen LogP contribution in [0.25, 0.3) is 0 Å². The van der Waals surface area contributed by atoms with Crippen molar-refractivity contribution in [1.29, 1.82) is 0 Å². The maximum absolute atomic E-state index is 14.1.